The Kier molecular flexibility index (Phi) is 4.97. The van der Waals surface area contributed by atoms with E-state index in [1.54, 1.807) is 0 Å². The molecule has 1 atom stereocenters. The molecule has 0 aliphatic heterocycles. The molecule has 2 nitrogen and oxygen atoms in total. The van der Waals surface area contributed by atoms with E-state index in [0.29, 0.717) is 11.3 Å². The molecular weight excluding hydrogens is 302 g/mol. The predicted octanol–water partition coefficient (Wildman–Crippen LogP) is 4.27. The average molecular weight is 330 g/mol. The molecule has 0 radical (unpaired) electrons. The van der Waals surface area contributed by atoms with Gasteiger partial charge in [-0.25, -0.2) is 0 Å². The van der Waals surface area contributed by atoms with Crippen molar-refractivity contribution in [3.8, 4) is 0 Å². The van der Waals surface area contributed by atoms with Crippen LogP contribution in [0.2, 0.25) is 0 Å². The second-order valence-corrected chi connectivity index (χ2v) is 7.91. The van der Waals surface area contributed by atoms with Gasteiger partial charge in [0.1, 0.15) is 0 Å². The number of amides is 1. The van der Waals surface area contributed by atoms with Crippen LogP contribution in [-0.4, -0.2) is 17.8 Å². The highest BCUT2D eigenvalue weighted by molar-refractivity contribution is 9.09. The van der Waals surface area contributed by atoms with Crippen LogP contribution >= 0.6 is 15.9 Å². The maximum Gasteiger partial charge on any atom is 0.223 e. The van der Waals surface area contributed by atoms with Crippen LogP contribution < -0.4 is 5.32 Å². The minimum atomic E-state index is 0.180. The Balaban J connectivity index is 1.90. The van der Waals surface area contributed by atoms with Crippen molar-refractivity contribution in [2.45, 2.75) is 65.2 Å². The summed E-state index contributed by atoms with van der Waals surface area (Å²) >= 11 is 3.65. The summed E-state index contributed by atoms with van der Waals surface area (Å²) in [5.74, 6) is 0.520. The summed E-state index contributed by atoms with van der Waals surface area (Å²) in [6.07, 6.45) is 9.90. The number of hydrogen-bond donors (Lipinski definition) is 1. The quantitative estimate of drug-likeness (QED) is 0.766. The van der Waals surface area contributed by atoms with E-state index in [9.17, 15) is 4.79 Å². The number of carbonyl (C=O) groups excluding carboxylic acids is 1. The molecule has 2 saturated carbocycles. The van der Waals surface area contributed by atoms with Crippen LogP contribution in [0.5, 0.6) is 0 Å². The second-order valence-electron chi connectivity index (χ2n) is 7.35. The van der Waals surface area contributed by atoms with Crippen LogP contribution in [0.15, 0.2) is 0 Å². The highest BCUT2D eigenvalue weighted by atomic mass is 79.9. The summed E-state index contributed by atoms with van der Waals surface area (Å²) in [4.78, 5) is 12.5. The molecule has 2 rings (SSSR count). The number of halogens is 1. The van der Waals surface area contributed by atoms with Gasteiger partial charge in [0, 0.05) is 17.8 Å². The maximum absolute atomic E-state index is 12.5. The SMILES string of the molecule is CC1(C)CCCCC1C(=O)NCC1(CBr)CCCC1. The van der Waals surface area contributed by atoms with Crippen molar-refractivity contribution in [2.24, 2.45) is 16.7 Å². The van der Waals surface area contributed by atoms with Gasteiger partial charge in [0.25, 0.3) is 0 Å². The fourth-order valence-corrected chi connectivity index (χ4v) is 4.62. The smallest absolute Gasteiger partial charge is 0.223 e. The van der Waals surface area contributed by atoms with E-state index in [1.165, 1.54) is 44.9 Å². The van der Waals surface area contributed by atoms with Crippen molar-refractivity contribution in [3.63, 3.8) is 0 Å². The van der Waals surface area contributed by atoms with E-state index in [-0.39, 0.29) is 11.3 Å². The topological polar surface area (TPSA) is 29.1 Å². The highest BCUT2D eigenvalue weighted by Crippen LogP contribution is 2.42. The van der Waals surface area contributed by atoms with E-state index in [4.69, 9.17) is 0 Å². The average Bonchev–Trinajstić information content (AvgIpc) is 2.85. The second kappa shape index (κ2) is 6.15. The van der Waals surface area contributed by atoms with E-state index in [2.05, 4.69) is 35.1 Å². The zero-order valence-corrected chi connectivity index (χ0v) is 14.0. The summed E-state index contributed by atoms with van der Waals surface area (Å²) in [5.41, 5.74) is 0.508. The minimum Gasteiger partial charge on any atom is -0.355 e. The first kappa shape index (κ1) is 15.3. The van der Waals surface area contributed by atoms with E-state index in [1.807, 2.05) is 0 Å². The maximum atomic E-state index is 12.5. The third kappa shape index (κ3) is 3.53. The Labute approximate surface area is 126 Å². The van der Waals surface area contributed by atoms with Crippen LogP contribution in [-0.2, 0) is 4.79 Å². The molecule has 0 bridgehead atoms. The van der Waals surface area contributed by atoms with Gasteiger partial charge in [-0.2, -0.15) is 0 Å². The molecule has 0 aromatic heterocycles. The molecule has 19 heavy (non-hydrogen) atoms. The van der Waals surface area contributed by atoms with Gasteiger partial charge >= 0.3 is 0 Å². The molecule has 0 aromatic carbocycles. The van der Waals surface area contributed by atoms with E-state index < -0.39 is 0 Å². The standard InChI is InChI=1S/C16H28BrNO/c1-15(2)8-4-3-7-13(15)14(19)18-12-16(11-17)9-5-6-10-16/h13H,3-12H2,1-2H3,(H,18,19). The molecule has 2 fully saturated rings. The Hall–Kier alpha value is -0.0500. The Morgan fingerprint density at radius 2 is 1.79 bits per heavy atom. The molecule has 1 unspecified atom stereocenters. The number of rotatable bonds is 4. The molecule has 1 amide bonds. The molecular formula is C16H28BrNO. The Morgan fingerprint density at radius 3 is 2.37 bits per heavy atom. The van der Waals surface area contributed by atoms with Crippen LogP contribution in [0.25, 0.3) is 0 Å². The van der Waals surface area contributed by atoms with Crippen molar-refractivity contribution in [1.29, 1.82) is 0 Å². The summed E-state index contributed by atoms with van der Waals surface area (Å²) in [5, 5.41) is 4.29. The molecule has 0 heterocycles. The van der Waals surface area contributed by atoms with Gasteiger partial charge in [-0.05, 0) is 36.5 Å². The van der Waals surface area contributed by atoms with Gasteiger partial charge in [-0.3, -0.25) is 4.79 Å². The minimum absolute atomic E-state index is 0.180. The summed E-state index contributed by atoms with van der Waals surface area (Å²) < 4.78 is 0. The number of hydrogen-bond acceptors (Lipinski definition) is 1. The van der Waals surface area contributed by atoms with Gasteiger partial charge in [0.05, 0.1) is 0 Å². The lowest BCUT2D eigenvalue weighted by Gasteiger charge is -2.38. The molecule has 0 spiro atoms. The third-order valence-electron chi connectivity index (χ3n) is 5.41. The van der Waals surface area contributed by atoms with Crippen LogP contribution in [0, 0.1) is 16.7 Å². The van der Waals surface area contributed by atoms with Crippen molar-refractivity contribution >= 4 is 21.8 Å². The van der Waals surface area contributed by atoms with Gasteiger partial charge in [0.2, 0.25) is 5.91 Å². The fourth-order valence-electron chi connectivity index (χ4n) is 3.86. The monoisotopic (exact) mass is 329 g/mol. The lowest BCUT2D eigenvalue weighted by atomic mass is 9.68. The lowest BCUT2D eigenvalue weighted by Crippen LogP contribution is -2.45. The first-order valence-electron chi connectivity index (χ1n) is 7.83. The molecule has 1 N–H and O–H groups in total. The molecule has 0 aromatic rings. The molecule has 0 saturated heterocycles. The predicted molar refractivity (Wildman–Crippen MR) is 83.4 cm³/mol. The summed E-state index contributed by atoms with van der Waals surface area (Å²) in [7, 11) is 0. The number of alkyl halides is 1. The summed E-state index contributed by atoms with van der Waals surface area (Å²) in [6.45, 7) is 5.38. The van der Waals surface area contributed by atoms with E-state index in [0.717, 1.165) is 18.3 Å². The number of nitrogens with one attached hydrogen (secondary N) is 1. The van der Waals surface area contributed by atoms with Crippen LogP contribution in [0.1, 0.15) is 65.2 Å². The number of carbonyl (C=O) groups is 1. The van der Waals surface area contributed by atoms with Crippen molar-refractivity contribution in [1.82, 2.24) is 5.32 Å². The molecule has 3 heteroatoms. The van der Waals surface area contributed by atoms with Gasteiger partial charge in [-0.15, -0.1) is 0 Å². The van der Waals surface area contributed by atoms with Crippen molar-refractivity contribution in [3.05, 3.63) is 0 Å². The van der Waals surface area contributed by atoms with Crippen LogP contribution in [0.3, 0.4) is 0 Å². The van der Waals surface area contributed by atoms with Crippen molar-refractivity contribution < 1.29 is 4.79 Å². The first-order chi connectivity index (χ1) is 8.99. The Bertz CT molecular complexity index is 321. The lowest BCUT2D eigenvalue weighted by molar-refractivity contribution is -0.130. The van der Waals surface area contributed by atoms with Crippen molar-refractivity contribution in [2.75, 3.05) is 11.9 Å². The largest absolute Gasteiger partial charge is 0.355 e. The summed E-state index contributed by atoms with van der Waals surface area (Å²) in [6, 6.07) is 0. The zero-order chi connectivity index (χ0) is 13.9. The Morgan fingerprint density at radius 1 is 1.16 bits per heavy atom. The third-order valence-corrected chi connectivity index (χ3v) is 6.60. The van der Waals surface area contributed by atoms with Gasteiger partial charge < -0.3 is 5.32 Å². The molecule has 110 valence electrons. The highest BCUT2D eigenvalue weighted by Gasteiger charge is 2.39. The van der Waals surface area contributed by atoms with Gasteiger partial charge in [0.15, 0.2) is 0 Å². The van der Waals surface area contributed by atoms with Crippen LogP contribution in [0.4, 0.5) is 0 Å². The van der Waals surface area contributed by atoms with E-state index >= 15 is 0 Å². The van der Waals surface area contributed by atoms with Gasteiger partial charge in [-0.1, -0.05) is 55.5 Å². The normalized spacial score (nSPS) is 29.1. The molecule has 2 aliphatic carbocycles. The zero-order valence-electron chi connectivity index (χ0n) is 12.4. The molecule has 2 aliphatic rings. The fraction of sp³-hybridized carbons (Fsp3) is 0.938. The first-order valence-corrected chi connectivity index (χ1v) is 8.95.